The summed E-state index contributed by atoms with van der Waals surface area (Å²) in [5.74, 6) is -0.192. The first-order chi connectivity index (χ1) is 16.2. The number of carbonyl (C=O) groups is 3. The highest BCUT2D eigenvalue weighted by molar-refractivity contribution is 5.85. The lowest BCUT2D eigenvalue weighted by atomic mass is 9.97. The SMILES string of the molecule is CCOC(=O)C1CCN(C(=O)CN(C)C(=O)CCc2c(C)c3ccc(OC)cc3oc2=O)CC1. The van der Waals surface area contributed by atoms with Crippen molar-refractivity contribution >= 4 is 28.8 Å². The van der Waals surface area contributed by atoms with E-state index in [2.05, 4.69) is 0 Å². The van der Waals surface area contributed by atoms with Crippen molar-refractivity contribution in [3.8, 4) is 5.75 Å². The predicted molar refractivity (Wildman–Crippen MR) is 126 cm³/mol. The lowest BCUT2D eigenvalue weighted by Gasteiger charge is -2.32. The van der Waals surface area contributed by atoms with E-state index in [0.717, 1.165) is 10.9 Å². The van der Waals surface area contributed by atoms with Gasteiger partial charge in [0.25, 0.3) is 0 Å². The number of likely N-dealkylation sites (tertiary alicyclic amines) is 1. The molecule has 0 atom stereocenters. The number of hydrogen-bond donors (Lipinski definition) is 0. The number of hydrogen-bond acceptors (Lipinski definition) is 7. The van der Waals surface area contributed by atoms with Gasteiger partial charge in [-0.15, -0.1) is 0 Å². The van der Waals surface area contributed by atoms with Gasteiger partial charge in [-0.1, -0.05) is 0 Å². The molecule has 9 nitrogen and oxygen atoms in total. The van der Waals surface area contributed by atoms with Crippen molar-refractivity contribution in [3.63, 3.8) is 0 Å². The van der Waals surface area contributed by atoms with E-state index in [9.17, 15) is 19.2 Å². The van der Waals surface area contributed by atoms with E-state index in [1.54, 1.807) is 38.1 Å². The van der Waals surface area contributed by atoms with Crippen molar-refractivity contribution in [1.82, 2.24) is 9.80 Å². The zero-order valence-electron chi connectivity index (χ0n) is 20.2. The first kappa shape index (κ1) is 25.3. The van der Waals surface area contributed by atoms with Crippen LogP contribution in [0, 0.1) is 12.8 Å². The number of fused-ring (bicyclic) bond motifs is 1. The fraction of sp³-hybridized carbons (Fsp3) is 0.520. The molecule has 0 radical (unpaired) electrons. The number of piperidine rings is 1. The Morgan fingerprint density at radius 2 is 1.91 bits per heavy atom. The summed E-state index contributed by atoms with van der Waals surface area (Å²) in [4.78, 5) is 52.7. The number of amides is 2. The van der Waals surface area contributed by atoms with Crippen LogP contribution in [0.25, 0.3) is 11.0 Å². The summed E-state index contributed by atoms with van der Waals surface area (Å²) in [7, 11) is 3.12. The van der Waals surface area contributed by atoms with Crippen LogP contribution < -0.4 is 10.4 Å². The number of nitrogens with zero attached hydrogens (tertiary/aromatic N) is 2. The van der Waals surface area contributed by atoms with Gasteiger partial charge in [-0.25, -0.2) is 4.79 Å². The summed E-state index contributed by atoms with van der Waals surface area (Å²) in [5.41, 5.74) is 1.18. The summed E-state index contributed by atoms with van der Waals surface area (Å²) in [5, 5.41) is 0.789. The number of methoxy groups -OCH3 is 1. The molecule has 0 unspecified atom stereocenters. The van der Waals surface area contributed by atoms with Crippen LogP contribution in [0.5, 0.6) is 5.75 Å². The van der Waals surface area contributed by atoms with E-state index in [1.807, 2.05) is 13.0 Å². The molecule has 9 heteroatoms. The molecule has 1 aliphatic heterocycles. The molecule has 1 fully saturated rings. The molecule has 0 spiro atoms. The van der Waals surface area contributed by atoms with E-state index in [1.165, 1.54) is 4.90 Å². The predicted octanol–water partition coefficient (Wildman–Crippen LogP) is 2.30. The molecule has 0 aliphatic carbocycles. The maximum Gasteiger partial charge on any atom is 0.339 e. The normalized spacial score (nSPS) is 14.2. The number of likely N-dealkylation sites (N-methyl/N-ethyl adjacent to an activating group) is 1. The Balaban J connectivity index is 1.55. The van der Waals surface area contributed by atoms with E-state index in [-0.39, 0.29) is 43.1 Å². The average molecular weight is 473 g/mol. The molecule has 1 aromatic heterocycles. The first-order valence-electron chi connectivity index (χ1n) is 11.5. The third-order valence-corrected chi connectivity index (χ3v) is 6.35. The Hall–Kier alpha value is -3.36. The zero-order valence-corrected chi connectivity index (χ0v) is 20.2. The van der Waals surface area contributed by atoms with Crippen molar-refractivity contribution in [1.29, 1.82) is 0 Å². The fourth-order valence-corrected chi connectivity index (χ4v) is 4.23. The quantitative estimate of drug-likeness (QED) is 0.429. The van der Waals surface area contributed by atoms with Crippen LogP contribution in [0.1, 0.15) is 37.3 Å². The molecule has 2 heterocycles. The molecular formula is C25H32N2O7. The van der Waals surface area contributed by atoms with Gasteiger partial charge in [0.15, 0.2) is 0 Å². The number of aryl methyl sites for hydroxylation is 1. The second-order valence-electron chi connectivity index (χ2n) is 8.51. The maximum absolute atomic E-state index is 12.7. The third kappa shape index (κ3) is 5.76. The second-order valence-corrected chi connectivity index (χ2v) is 8.51. The molecule has 1 aliphatic rings. The molecule has 34 heavy (non-hydrogen) atoms. The maximum atomic E-state index is 12.7. The third-order valence-electron chi connectivity index (χ3n) is 6.35. The van der Waals surface area contributed by atoms with Crippen LogP contribution in [0.3, 0.4) is 0 Å². The number of carbonyl (C=O) groups excluding carboxylic acids is 3. The highest BCUT2D eigenvalue weighted by Crippen LogP contribution is 2.24. The molecule has 184 valence electrons. The topological polar surface area (TPSA) is 106 Å². The van der Waals surface area contributed by atoms with Crippen LogP contribution in [0.2, 0.25) is 0 Å². The van der Waals surface area contributed by atoms with Crippen molar-refractivity contribution < 1.29 is 28.3 Å². The molecule has 0 saturated carbocycles. The fourth-order valence-electron chi connectivity index (χ4n) is 4.23. The number of esters is 1. The monoisotopic (exact) mass is 472 g/mol. The molecule has 0 bridgehead atoms. The van der Waals surface area contributed by atoms with Gasteiger partial charge < -0.3 is 23.7 Å². The van der Waals surface area contributed by atoms with Gasteiger partial charge in [-0.3, -0.25) is 14.4 Å². The van der Waals surface area contributed by atoms with E-state index < -0.39 is 5.63 Å². The summed E-state index contributed by atoms with van der Waals surface area (Å²) in [6.07, 6.45) is 1.43. The van der Waals surface area contributed by atoms with Gasteiger partial charge in [0.2, 0.25) is 11.8 Å². The standard InChI is InChI=1S/C25H32N2O7/c1-5-33-24(30)17-10-12-27(13-11-17)23(29)15-26(3)22(28)9-8-20-16(2)19-7-6-18(32-4)14-21(19)34-25(20)31/h6-7,14,17H,5,8-13,15H2,1-4H3. The Kier molecular flexibility index (Phi) is 8.31. The van der Waals surface area contributed by atoms with Gasteiger partial charge >= 0.3 is 11.6 Å². The first-order valence-corrected chi connectivity index (χ1v) is 11.5. The summed E-state index contributed by atoms with van der Waals surface area (Å²) < 4.78 is 15.7. The summed E-state index contributed by atoms with van der Waals surface area (Å²) in [6.45, 7) is 4.83. The van der Waals surface area contributed by atoms with Gasteiger partial charge in [0.1, 0.15) is 11.3 Å². The minimum Gasteiger partial charge on any atom is -0.497 e. The van der Waals surface area contributed by atoms with Crippen LogP contribution >= 0.6 is 0 Å². The van der Waals surface area contributed by atoms with E-state index in [4.69, 9.17) is 13.9 Å². The number of benzene rings is 1. The zero-order chi connectivity index (χ0) is 24.8. The molecular weight excluding hydrogens is 440 g/mol. The van der Waals surface area contributed by atoms with Crippen molar-refractivity contribution in [2.24, 2.45) is 5.92 Å². The Morgan fingerprint density at radius 1 is 1.21 bits per heavy atom. The average Bonchev–Trinajstić information content (AvgIpc) is 2.83. The van der Waals surface area contributed by atoms with Crippen LogP contribution in [0.15, 0.2) is 27.4 Å². The summed E-state index contributed by atoms with van der Waals surface area (Å²) >= 11 is 0. The molecule has 2 amide bonds. The molecule has 0 N–H and O–H groups in total. The Bertz CT molecular complexity index is 1120. The van der Waals surface area contributed by atoms with Crippen molar-refractivity contribution in [2.45, 2.75) is 39.5 Å². The molecule has 1 saturated heterocycles. The molecule has 2 aromatic rings. The lowest BCUT2D eigenvalue weighted by molar-refractivity contribution is -0.151. The largest absolute Gasteiger partial charge is 0.497 e. The van der Waals surface area contributed by atoms with Gasteiger partial charge in [0, 0.05) is 43.6 Å². The Morgan fingerprint density at radius 3 is 2.56 bits per heavy atom. The van der Waals surface area contributed by atoms with Gasteiger partial charge in [-0.2, -0.15) is 0 Å². The minimum atomic E-state index is -0.478. The number of rotatable bonds is 8. The lowest BCUT2D eigenvalue weighted by Crippen LogP contribution is -2.45. The van der Waals surface area contributed by atoms with Crippen molar-refractivity contribution in [2.75, 3.05) is 40.4 Å². The van der Waals surface area contributed by atoms with Crippen molar-refractivity contribution in [3.05, 3.63) is 39.7 Å². The van der Waals surface area contributed by atoms with Gasteiger partial charge in [-0.05, 0) is 50.8 Å². The highest BCUT2D eigenvalue weighted by atomic mass is 16.5. The summed E-state index contributed by atoms with van der Waals surface area (Å²) in [6, 6.07) is 5.28. The molecule has 1 aromatic carbocycles. The second kappa shape index (κ2) is 11.2. The molecule has 3 rings (SSSR count). The van der Waals surface area contributed by atoms with E-state index >= 15 is 0 Å². The van der Waals surface area contributed by atoms with Gasteiger partial charge in [0.05, 0.1) is 26.2 Å². The van der Waals surface area contributed by atoms with E-state index in [0.29, 0.717) is 49.4 Å². The van der Waals surface area contributed by atoms with Crippen LogP contribution in [0.4, 0.5) is 0 Å². The van der Waals surface area contributed by atoms with Crippen LogP contribution in [-0.2, 0) is 25.5 Å². The number of ether oxygens (including phenoxy) is 2. The highest BCUT2D eigenvalue weighted by Gasteiger charge is 2.29. The Labute approximate surface area is 198 Å². The van der Waals surface area contributed by atoms with Crippen LogP contribution in [-0.4, -0.2) is 68.0 Å². The smallest absolute Gasteiger partial charge is 0.339 e. The minimum absolute atomic E-state index is 0.0476.